The van der Waals surface area contributed by atoms with Crippen LogP contribution in [0.15, 0.2) is 0 Å². The predicted octanol–water partition coefficient (Wildman–Crippen LogP) is 3.06. The van der Waals surface area contributed by atoms with Crippen molar-refractivity contribution in [1.82, 2.24) is 9.80 Å². The lowest BCUT2D eigenvalue weighted by atomic mass is 9.91. The van der Waals surface area contributed by atoms with Gasteiger partial charge in [0.1, 0.15) is 0 Å². The van der Waals surface area contributed by atoms with E-state index in [9.17, 15) is 9.59 Å². The van der Waals surface area contributed by atoms with Gasteiger partial charge in [-0.3, -0.25) is 9.59 Å². The van der Waals surface area contributed by atoms with Gasteiger partial charge in [0.15, 0.2) is 0 Å². The van der Waals surface area contributed by atoms with Gasteiger partial charge in [-0.25, -0.2) is 0 Å². The maximum Gasteiger partial charge on any atom is 0.228 e. The Morgan fingerprint density at radius 2 is 1.57 bits per heavy atom. The lowest BCUT2D eigenvalue weighted by Crippen LogP contribution is -2.46. The summed E-state index contributed by atoms with van der Waals surface area (Å²) in [4.78, 5) is 29.4. The zero-order valence-electron chi connectivity index (χ0n) is 14.8. The van der Waals surface area contributed by atoms with Crippen LogP contribution >= 0.6 is 0 Å². The molecule has 3 unspecified atom stereocenters. The number of piperidine rings is 1. The second kappa shape index (κ2) is 7.23. The van der Waals surface area contributed by atoms with Crippen LogP contribution in [0.2, 0.25) is 0 Å². The van der Waals surface area contributed by atoms with Gasteiger partial charge < -0.3 is 9.80 Å². The minimum Gasteiger partial charge on any atom is -0.342 e. The van der Waals surface area contributed by atoms with Gasteiger partial charge in [0.05, 0.1) is 5.92 Å². The summed E-state index contributed by atoms with van der Waals surface area (Å²) in [7, 11) is 0. The zero-order valence-corrected chi connectivity index (χ0v) is 14.8. The van der Waals surface area contributed by atoms with Crippen LogP contribution in [0.4, 0.5) is 0 Å². The highest BCUT2D eigenvalue weighted by Crippen LogP contribution is 2.30. The topological polar surface area (TPSA) is 40.6 Å². The molecular weight excluding hydrogens is 288 g/mol. The highest BCUT2D eigenvalue weighted by molar-refractivity contribution is 5.89. The van der Waals surface area contributed by atoms with Crippen molar-refractivity contribution in [2.45, 2.75) is 71.3 Å². The lowest BCUT2D eigenvalue weighted by molar-refractivity contribution is -0.138. The van der Waals surface area contributed by atoms with E-state index in [1.54, 1.807) is 0 Å². The lowest BCUT2D eigenvalue weighted by Gasteiger charge is -2.36. The molecule has 23 heavy (non-hydrogen) atoms. The maximum absolute atomic E-state index is 12.9. The van der Waals surface area contributed by atoms with Gasteiger partial charge in [-0.05, 0) is 31.1 Å². The number of hydrogen-bond donors (Lipinski definition) is 0. The molecule has 0 aromatic carbocycles. The smallest absolute Gasteiger partial charge is 0.228 e. The number of likely N-dealkylation sites (tertiary alicyclic amines) is 2. The normalized spacial score (nSPS) is 33.8. The summed E-state index contributed by atoms with van der Waals surface area (Å²) in [5, 5.41) is 0. The molecule has 3 atom stereocenters. The Hall–Kier alpha value is -1.06. The summed E-state index contributed by atoms with van der Waals surface area (Å²) in [6.07, 6.45) is 8.96. The van der Waals surface area contributed by atoms with Crippen LogP contribution in [0, 0.1) is 17.8 Å². The average molecular weight is 320 g/mol. The van der Waals surface area contributed by atoms with Crippen LogP contribution in [0.25, 0.3) is 0 Å². The van der Waals surface area contributed by atoms with Crippen LogP contribution in [-0.4, -0.2) is 47.3 Å². The molecule has 4 heteroatoms. The number of nitrogens with zero attached hydrogens (tertiary/aromatic N) is 2. The summed E-state index contributed by atoms with van der Waals surface area (Å²) in [5.41, 5.74) is 0. The molecule has 2 amide bonds. The van der Waals surface area contributed by atoms with E-state index in [2.05, 4.69) is 13.8 Å². The standard InChI is InChI=1S/C19H32N2O2/c1-14-9-15(2)12-20(11-14)19(23)16-10-18(22)21(13-16)17-7-5-3-4-6-8-17/h14-17H,3-13H2,1-2H3. The van der Waals surface area contributed by atoms with E-state index in [-0.39, 0.29) is 17.7 Å². The van der Waals surface area contributed by atoms with Gasteiger partial charge in [-0.2, -0.15) is 0 Å². The van der Waals surface area contributed by atoms with Crippen LogP contribution in [0.5, 0.6) is 0 Å². The van der Waals surface area contributed by atoms with Crippen molar-refractivity contribution in [3.05, 3.63) is 0 Å². The van der Waals surface area contributed by atoms with Gasteiger partial charge in [-0.1, -0.05) is 39.5 Å². The monoisotopic (exact) mass is 320 g/mol. The van der Waals surface area contributed by atoms with Crippen molar-refractivity contribution >= 4 is 11.8 Å². The van der Waals surface area contributed by atoms with E-state index in [1.165, 1.54) is 32.1 Å². The van der Waals surface area contributed by atoms with Gasteiger partial charge >= 0.3 is 0 Å². The molecule has 2 aliphatic heterocycles. The number of hydrogen-bond acceptors (Lipinski definition) is 2. The van der Waals surface area contributed by atoms with Gasteiger partial charge in [0, 0.05) is 32.1 Å². The largest absolute Gasteiger partial charge is 0.342 e. The summed E-state index contributed by atoms with van der Waals surface area (Å²) in [6.45, 7) is 6.87. The molecule has 0 spiro atoms. The Labute approximate surface area is 140 Å². The predicted molar refractivity (Wildman–Crippen MR) is 90.8 cm³/mol. The molecule has 3 aliphatic rings. The second-order valence-corrected chi connectivity index (χ2v) is 8.28. The number of rotatable bonds is 2. The molecule has 1 aliphatic carbocycles. The van der Waals surface area contributed by atoms with Crippen molar-refractivity contribution in [3.8, 4) is 0 Å². The third kappa shape index (κ3) is 3.89. The fourth-order valence-electron chi connectivity index (χ4n) is 4.92. The van der Waals surface area contributed by atoms with E-state index in [1.807, 2.05) is 9.80 Å². The van der Waals surface area contributed by atoms with Crippen LogP contribution in [-0.2, 0) is 9.59 Å². The Kier molecular flexibility index (Phi) is 5.27. The molecule has 130 valence electrons. The molecule has 0 radical (unpaired) electrons. The Morgan fingerprint density at radius 3 is 2.17 bits per heavy atom. The molecule has 0 aromatic heterocycles. The number of carbonyl (C=O) groups excluding carboxylic acids is 2. The first-order chi connectivity index (χ1) is 11.0. The van der Waals surface area contributed by atoms with Crippen molar-refractivity contribution < 1.29 is 9.59 Å². The van der Waals surface area contributed by atoms with Crippen LogP contribution < -0.4 is 0 Å². The van der Waals surface area contributed by atoms with E-state index >= 15 is 0 Å². The molecular formula is C19H32N2O2. The van der Waals surface area contributed by atoms with Crippen LogP contribution in [0.3, 0.4) is 0 Å². The number of carbonyl (C=O) groups is 2. The van der Waals surface area contributed by atoms with Crippen LogP contribution in [0.1, 0.15) is 65.2 Å². The third-order valence-corrected chi connectivity index (χ3v) is 5.95. The molecule has 0 bridgehead atoms. The SMILES string of the molecule is CC1CC(C)CN(C(=O)C2CC(=O)N(C3CCCCCC3)C2)C1. The average Bonchev–Trinajstić information content (AvgIpc) is 2.72. The maximum atomic E-state index is 12.9. The van der Waals surface area contributed by atoms with Crippen molar-refractivity contribution in [1.29, 1.82) is 0 Å². The highest BCUT2D eigenvalue weighted by Gasteiger charge is 2.40. The molecule has 0 aromatic rings. The first kappa shape index (κ1) is 16.8. The van der Waals surface area contributed by atoms with E-state index in [0.717, 1.165) is 25.9 Å². The molecule has 0 N–H and O–H groups in total. The van der Waals surface area contributed by atoms with Crippen molar-refractivity contribution in [3.63, 3.8) is 0 Å². The number of amides is 2. The molecule has 2 saturated heterocycles. The quantitative estimate of drug-likeness (QED) is 0.734. The second-order valence-electron chi connectivity index (χ2n) is 8.28. The van der Waals surface area contributed by atoms with E-state index in [0.29, 0.717) is 30.8 Å². The zero-order chi connectivity index (χ0) is 16.4. The molecule has 4 nitrogen and oxygen atoms in total. The molecule has 3 fully saturated rings. The summed E-state index contributed by atoms with van der Waals surface area (Å²) in [6, 6.07) is 0.391. The van der Waals surface area contributed by atoms with Gasteiger partial charge in [0.25, 0.3) is 0 Å². The first-order valence-corrected chi connectivity index (χ1v) is 9.63. The first-order valence-electron chi connectivity index (χ1n) is 9.63. The Morgan fingerprint density at radius 1 is 0.957 bits per heavy atom. The molecule has 1 saturated carbocycles. The summed E-state index contributed by atoms with van der Waals surface area (Å²) >= 11 is 0. The van der Waals surface area contributed by atoms with Crippen molar-refractivity contribution in [2.24, 2.45) is 17.8 Å². The summed E-state index contributed by atoms with van der Waals surface area (Å²) < 4.78 is 0. The molecule has 3 rings (SSSR count). The van der Waals surface area contributed by atoms with E-state index in [4.69, 9.17) is 0 Å². The van der Waals surface area contributed by atoms with E-state index < -0.39 is 0 Å². The fraction of sp³-hybridized carbons (Fsp3) is 0.895. The Bertz CT molecular complexity index is 433. The third-order valence-electron chi connectivity index (χ3n) is 5.95. The highest BCUT2D eigenvalue weighted by atomic mass is 16.2. The Balaban J connectivity index is 1.61. The molecule has 2 heterocycles. The van der Waals surface area contributed by atoms with Gasteiger partial charge in [0.2, 0.25) is 11.8 Å². The van der Waals surface area contributed by atoms with Crippen molar-refractivity contribution in [2.75, 3.05) is 19.6 Å². The minimum absolute atomic E-state index is 0.0942. The fourth-order valence-corrected chi connectivity index (χ4v) is 4.92. The minimum atomic E-state index is -0.0942. The summed E-state index contributed by atoms with van der Waals surface area (Å²) in [5.74, 6) is 1.51. The van der Waals surface area contributed by atoms with Gasteiger partial charge in [-0.15, -0.1) is 0 Å².